The quantitative estimate of drug-likeness (QED) is 0.152. The lowest BCUT2D eigenvalue weighted by atomic mass is 9.98. The van der Waals surface area contributed by atoms with Crippen molar-refractivity contribution in [3.05, 3.63) is 94.5 Å². The Kier molecular flexibility index (Phi) is 9.80. The van der Waals surface area contributed by atoms with Crippen molar-refractivity contribution < 1.29 is 28.1 Å². The number of hydrogen-bond acceptors (Lipinski definition) is 10. The van der Waals surface area contributed by atoms with Crippen LogP contribution in [0, 0.1) is 12.7 Å². The summed E-state index contributed by atoms with van der Waals surface area (Å²) in [5.41, 5.74) is 3.41. The minimum absolute atomic E-state index is 0.0637. The average Bonchev–Trinajstić information content (AvgIpc) is 3.42. The summed E-state index contributed by atoms with van der Waals surface area (Å²) < 4.78 is 40.7. The normalized spacial score (nSPS) is 19.9. The number of ether oxygens (including phenoxy) is 4. The molecule has 0 spiro atoms. The van der Waals surface area contributed by atoms with Crippen molar-refractivity contribution in [3.8, 4) is 28.6 Å². The molecular formula is C43H46ClFN6O5. The molecule has 5 aromatic rings. The molecule has 4 atom stereocenters. The number of halogens is 2. The molecule has 3 aliphatic rings. The number of anilines is 2. The number of aryl methyl sites for hydroxylation is 1. The fourth-order valence-corrected chi connectivity index (χ4v) is 8.73. The molecule has 0 unspecified atom stereocenters. The van der Waals surface area contributed by atoms with Gasteiger partial charge < -0.3 is 28.7 Å². The number of aromatic nitrogens is 3. The van der Waals surface area contributed by atoms with E-state index in [2.05, 4.69) is 9.88 Å². The number of piperazine rings is 1. The first kappa shape index (κ1) is 37.6. The van der Waals surface area contributed by atoms with Crippen molar-refractivity contribution in [3.63, 3.8) is 0 Å². The van der Waals surface area contributed by atoms with Gasteiger partial charge >= 0.3 is 6.09 Å². The smallest absolute Gasteiger partial charge is 0.410 e. The van der Waals surface area contributed by atoms with E-state index < -0.39 is 17.5 Å². The molecule has 0 radical (unpaired) electrons. The first-order chi connectivity index (χ1) is 26.8. The molecule has 8 rings (SSSR count). The Hall–Kier alpha value is -5.36. The standard InChI is InChI=1S/C43H46ClFN6O5/c1-24-18-31(36(45)33(19-24)49(20-26-8-13-29(53-6)14-9-26)21-27-10-15-30(54-7)16-11-27)37-35(44)38-34-40(47-23-46-38)50-22-28-12-17-32(39(50)25(2)55-41(34)48-37)51(28)42(52)56-43(3,4)5/h8-11,13-16,18-19,23,25,28,32,39H,12,17,20-22H2,1-7H3/t25-,28+,32-,39+/m0/s1. The van der Waals surface area contributed by atoms with Crippen LogP contribution in [0.2, 0.25) is 5.02 Å². The van der Waals surface area contributed by atoms with Crippen LogP contribution < -0.4 is 24.0 Å². The van der Waals surface area contributed by atoms with Crippen LogP contribution in [0.1, 0.15) is 57.2 Å². The summed E-state index contributed by atoms with van der Waals surface area (Å²) >= 11 is 7.23. The van der Waals surface area contributed by atoms with Crippen molar-refractivity contribution in [1.82, 2.24) is 19.9 Å². The molecule has 5 heterocycles. The highest BCUT2D eigenvalue weighted by molar-refractivity contribution is 6.38. The largest absolute Gasteiger partial charge is 0.497 e. The molecule has 11 nitrogen and oxygen atoms in total. The van der Waals surface area contributed by atoms with E-state index in [-0.39, 0.29) is 46.4 Å². The number of rotatable bonds is 8. The van der Waals surface area contributed by atoms with Gasteiger partial charge in [-0.2, -0.15) is 0 Å². The van der Waals surface area contributed by atoms with Gasteiger partial charge in [0.05, 0.1) is 48.7 Å². The molecule has 292 valence electrons. The van der Waals surface area contributed by atoms with Crippen LogP contribution in [0.15, 0.2) is 67.0 Å². The van der Waals surface area contributed by atoms with Gasteiger partial charge in [-0.15, -0.1) is 0 Å². The predicted octanol–water partition coefficient (Wildman–Crippen LogP) is 8.75. The molecule has 56 heavy (non-hydrogen) atoms. The minimum atomic E-state index is -0.626. The van der Waals surface area contributed by atoms with E-state index in [4.69, 9.17) is 40.5 Å². The lowest BCUT2D eigenvalue weighted by molar-refractivity contribution is 0.000963. The van der Waals surface area contributed by atoms with E-state index in [1.54, 1.807) is 20.3 Å². The maximum absolute atomic E-state index is 17.4. The summed E-state index contributed by atoms with van der Waals surface area (Å²) in [5.74, 6) is 1.91. The zero-order chi connectivity index (χ0) is 39.5. The van der Waals surface area contributed by atoms with Gasteiger partial charge in [-0.25, -0.2) is 24.1 Å². The van der Waals surface area contributed by atoms with Crippen molar-refractivity contribution >= 4 is 40.1 Å². The van der Waals surface area contributed by atoms with Gasteiger partial charge in [-0.1, -0.05) is 35.9 Å². The first-order valence-electron chi connectivity index (χ1n) is 18.9. The van der Waals surface area contributed by atoms with Gasteiger partial charge in [0.2, 0.25) is 5.88 Å². The second-order valence-corrected chi connectivity index (χ2v) is 16.2. The van der Waals surface area contributed by atoms with Crippen LogP contribution in [-0.4, -0.2) is 76.5 Å². The molecule has 3 aromatic carbocycles. The second-order valence-electron chi connectivity index (χ2n) is 15.9. The maximum Gasteiger partial charge on any atom is 0.410 e. The maximum atomic E-state index is 17.4. The number of carbonyl (C=O) groups is 1. The summed E-state index contributed by atoms with van der Waals surface area (Å²) in [6.07, 6.45) is 2.37. The Morgan fingerprint density at radius 3 is 2.23 bits per heavy atom. The molecule has 3 aliphatic heterocycles. The van der Waals surface area contributed by atoms with E-state index in [0.717, 1.165) is 41.0 Å². The summed E-state index contributed by atoms with van der Waals surface area (Å²) in [6.45, 7) is 10.9. The topological polar surface area (TPSA) is 102 Å². The van der Waals surface area contributed by atoms with E-state index in [9.17, 15) is 4.79 Å². The Morgan fingerprint density at radius 2 is 1.62 bits per heavy atom. The molecule has 0 aliphatic carbocycles. The molecule has 2 saturated heterocycles. The van der Waals surface area contributed by atoms with Crippen molar-refractivity contribution in [2.75, 3.05) is 30.6 Å². The zero-order valence-corrected chi connectivity index (χ0v) is 33.4. The molecule has 2 bridgehead atoms. The van der Waals surface area contributed by atoms with E-state index in [1.165, 1.54) is 6.33 Å². The SMILES string of the molecule is COc1ccc(CN(Cc2ccc(OC)cc2)c2cc(C)cc(-c3nc4c5c(ncnc5c3Cl)N3C[C@H]5CC[C@@H]([C@H]3[C@H](C)O4)N5C(=O)OC(C)(C)C)c2F)cc1. The van der Waals surface area contributed by atoms with Crippen LogP contribution in [0.5, 0.6) is 17.4 Å². The van der Waals surface area contributed by atoms with E-state index in [1.807, 2.05) is 99.0 Å². The van der Waals surface area contributed by atoms with Crippen LogP contribution >= 0.6 is 11.6 Å². The monoisotopic (exact) mass is 780 g/mol. The minimum Gasteiger partial charge on any atom is -0.497 e. The summed E-state index contributed by atoms with van der Waals surface area (Å²) in [5, 5.41) is 0.763. The third kappa shape index (κ3) is 6.88. The third-order valence-corrected chi connectivity index (χ3v) is 11.2. The fourth-order valence-electron chi connectivity index (χ4n) is 8.44. The van der Waals surface area contributed by atoms with Gasteiger partial charge in [0.25, 0.3) is 0 Å². The molecule has 0 N–H and O–H groups in total. The highest BCUT2D eigenvalue weighted by atomic mass is 35.5. The molecule has 1 amide bonds. The lowest BCUT2D eigenvalue weighted by Crippen LogP contribution is -2.65. The van der Waals surface area contributed by atoms with Crippen molar-refractivity contribution in [1.29, 1.82) is 0 Å². The summed E-state index contributed by atoms with van der Waals surface area (Å²) in [4.78, 5) is 34.0. The van der Waals surface area contributed by atoms with Gasteiger partial charge in [0.15, 0.2) is 5.82 Å². The highest BCUT2D eigenvalue weighted by Crippen LogP contribution is 2.48. The first-order valence-corrected chi connectivity index (χ1v) is 19.3. The predicted molar refractivity (Wildman–Crippen MR) is 214 cm³/mol. The van der Waals surface area contributed by atoms with Crippen LogP contribution in [0.25, 0.3) is 22.2 Å². The molecule has 13 heteroatoms. The zero-order valence-electron chi connectivity index (χ0n) is 32.7. The van der Waals surface area contributed by atoms with Crippen molar-refractivity contribution in [2.45, 2.75) is 90.4 Å². The number of fused-ring (bicyclic) bond motifs is 5. The summed E-state index contributed by atoms with van der Waals surface area (Å²) in [6, 6.07) is 18.6. The van der Waals surface area contributed by atoms with Crippen LogP contribution in [-0.2, 0) is 17.8 Å². The Bertz CT molecular complexity index is 2240. The molecular weight excluding hydrogens is 735 g/mol. The Balaban J connectivity index is 1.20. The summed E-state index contributed by atoms with van der Waals surface area (Å²) in [7, 11) is 3.26. The number of nitrogens with zero attached hydrogens (tertiary/aromatic N) is 6. The Labute approximate surface area is 331 Å². The molecule has 0 saturated carbocycles. The number of benzene rings is 3. The number of methoxy groups -OCH3 is 2. The number of hydrogen-bond donors (Lipinski definition) is 0. The second kappa shape index (κ2) is 14.6. The van der Waals surface area contributed by atoms with E-state index >= 15 is 4.39 Å². The van der Waals surface area contributed by atoms with Gasteiger partial charge in [0.1, 0.15) is 46.3 Å². The van der Waals surface area contributed by atoms with Crippen LogP contribution in [0.4, 0.5) is 20.7 Å². The van der Waals surface area contributed by atoms with Gasteiger partial charge in [0, 0.05) is 25.2 Å². The highest BCUT2D eigenvalue weighted by Gasteiger charge is 2.53. The van der Waals surface area contributed by atoms with Crippen molar-refractivity contribution in [2.24, 2.45) is 0 Å². The third-order valence-electron chi connectivity index (χ3n) is 10.9. The average molecular weight is 781 g/mol. The van der Waals surface area contributed by atoms with E-state index in [0.29, 0.717) is 42.0 Å². The Morgan fingerprint density at radius 1 is 0.982 bits per heavy atom. The number of amides is 1. The van der Waals surface area contributed by atoms with Gasteiger partial charge in [-0.3, -0.25) is 4.90 Å². The number of pyridine rings is 1. The number of carbonyl (C=O) groups excluding carboxylic acids is 1. The molecule has 2 aromatic heterocycles. The fraction of sp³-hybridized carbons (Fsp3) is 0.395. The lowest BCUT2D eigenvalue weighted by Gasteiger charge is -2.48. The molecule has 2 fully saturated rings. The van der Waals surface area contributed by atoms with Gasteiger partial charge in [-0.05, 0) is 101 Å². The van der Waals surface area contributed by atoms with Crippen LogP contribution in [0.3, 0.4) is 0 Å².